The van der Waals surface area contributed by atoms with E-state index in [1.807, 2.05) is 11.4 Å². The number of hydrogen-bond donors (Lipinski definition) is 8. The Kier molecular flexibility index (Phi) is 52.4. The summed E-state index contributed by atoms with van der Waals surface area (Å²) in [4.78, 5) is 99.4. The normalized spacial score (nSPS) is 10.7. The van der Waals surface area contributed by atoms with Gasteiger partial charge in [-0.3, -0.25) is 9.59 Å². The molecule has 12 heterocycles. The number of aromatic carboxylic acids is 1. The van der Waals surface area contributed by atoms with E-state index in [0.717, 1.165) is 49.0 Å². The molecule has 12 rings (SSSR count). The molecule has 0 amide bonds. The number of aliphatic hydroxyl groups excluding tert-OH is 4. The second-order valence-electron chi connectivity index (χ2n) is 25.1. The number of aromatic nitrogens is 18. The zero-order chi connectivity index (χ0) is 78.2. The van der Waals surface area contributed by atoms with Gasteiger partial charge in [-0.1, -0.05) is 70.5 Å². The van der Waals surface area contributed by atoms with Crippen LogP contribution in [-0.2, 0) is 59.0 Å². The van der Waals surface area contributed by atoms with Crippen LogP contribution in [0.1, 0.15) is 49.2 Å². The molecule has 47 heteroatoms. The molecule has 12 aromatic rings. The van der Waals surface area contributed by atoms with Crippen LogP contribution >= 0.6 is 107 Å². The first kappa shape index (κ1) is 106. The van der Waals surface area contributed by atoms with Gasteiger partial charge in [-0.25, -0.2) is 64.6 Å². The number of carbonyl (C=O) groups excluding carboxylic acids is 3. The maximum Gasteiger partial charge on any atom is 1.00 e. The van der Waals surface area contributed by atoms with Crippen LogP contribution in [0.25, 0.3) is 67.0 Å². The fourth-order valence-corrected chi connectivity index (χ4v) is 12.5. The Balaban J connectivity index is 0. The number of nitrogens with one attached hydrogen (secondary N) is 3. The Bertz CT molecular complexity index is 4660. The van der Waals surface area contributed by atoms with E-state index in [2.05, 4.69) is 229 Å². The Labute approximate surface area is 756 Å². The second kappa shape index (κ2) is 53.9. The smallest absolute Gasteiger partial charge is 1.00 e. The van der Waals surface area contributed by atoms with Gasteiger partial charge in [0, 0.05) is 97.9 Å². The Morgan fingerprint density at radius 3 is 1.21 bits per heavy atom. The van der Waals surface area contributed by atoms with Gasteiger partial charge in [0.25, 0.3) is 0 Å². The topological polar surface area (TPSA) is 490 Å². The zero-order valence-corrected chi connectivity index (χ0v) is 81.6. The van der Waals surface area contributed by atoms with Gasteiger partial charge in [-0.2, -0.15) is 0 Å². The number of fused-ring (bicyclic) bond motifs is 6. The molecule has 12 aromatic heterocycles. The molecule has 0 unspecified atom stereocenters. The molecule has 0 saturated heterocycles. The van der Waals surface area contributed by atoms with Crippen molar-refractivity contribution in [3.8, 4) is 0 Å². The quantitative estimate of drug-likeness (QED) is 0.0221. The van der Waals surface area contributed by atoms with Crippen molar-refractivity contribution >= 4 is 224 Å². The van der Waals surface area contributed by atoms with Gasteiger partial charge in [-0.05, 0) is 114 Å². The predicted molar refractivity (Wildman–Crippen MR) is 421 cm³/mol. The molecule has 578 valence electrons. The minimum absolute atomic E-state index is 0. The van der Waals surface area contributed by atoms with Gasteiger partial charge in [0.15, 0.2) is 46.5 Å². The summed E-state index contributed by atoms with van der Waals surface area (Å²) >= 11 is 24.2. The number of nitrogens with zero attached hydrogens (tertiary/aromatic N) is 15. The third-order valence-corrected chi connectivity index (χ3v) is 21.2. The molecular weight excluding hydrogens is 1940 g/mol. The summed E-state index contributed by atoms with van der Waals surface area (Å²) in [6.07, 6.45) is 21.0. The maximum absolute atomic E-state index is 11.3. The van der Waals surface area contributed by atoms with Crippen molar-refractivity contribution < 1.29 is 175 Å². The molecular formula is C62H79Br6Cl2N18Na3O15Si3. The van der Waals surface area contributed by atoms with Gasteiger partial charge in [0.1, 0.15) is 99.3 Å². The van der Waals surface area contributed by atoms with Gasteiger partial charge < -0.3 is 89.4 Å². The van der Waals surface area contributed by atoms with E-state index in [1.165, 1.54) is 16.8 Å². The summed E-state index contributed by atoms with van der Waals surface area (Å²) in [6, 6.07) is 3.73. The third-order valence-electron chi connectivity index (χ3n) is 13.6. The summed E-state index contributed by atoms with van der Waals surface area (Å²) in [7, 11) is -3.09. The van der Waals surface area contributed by atoms with Crippen molar-refractivity contribution in [2.75, 3.05) is 25.9 Å². The van der Waals surface area contributed by atoms with Crippen LogP contribution in [0.15, 0.2) is 102 Å². The van der Waals surface area contributed by atoms with Crippen LogP contribution in [0.2, 0.25) is 77.1 Å². The number of carboxylic acids is 1. The molecule has 0 bridgehead atoms. The summed E-state index contributed by atoms with van der Waals surface area (Å²) in [5.41, 5.74) is 10.7. The van der Waals surface area contributed by atoms with Crippen molar-refractivity contribution in [2.24, 2.45) is 0 Å². The molecule has 109 heavy (non-hydrogen) atoms. The molecule has 0 saturated carbocycles. The van der Waals surface area contributed by atoms with E-state index < -0.39 is 41.5 Å². The molecule has 33 nitrogen and oxygen atoms in total. The minimum atomic E-state index is -1.13. The molecule has 0 fully saturated rings. The predicted octanol–water partition coefficient (Wildman–Crippen LogP) is 2.04. The third kappa shape index (κ3) is 35.9. The number of ether oxygens (including phenoxy) is 3. The molecule has 9 N–H and O–H groups in total. The number of aromatic amines is 3. The standard InChI is InChI=1S/C13H18BrN3O3Si.C13H18BrN3O2Si.C8H8BrN3O2.2C7H6BrN3O.C7H4BrN3O.C6H15ClOSi.CH2O.ClO2.3Na.H2O.H/c1-21(2,3)5-4-20-8-17-7-9(13(18)19)11-12(17)15-6-10(14)16-11;1-20(2,3)5-4-19-9-17-7-10(8-18)12-13(17)15-6-11(14)16-12;9-6-1-10-8-7(11-6)5(3-13)2-12(8)4-14;3*8-5-2-10-7-6(11-5)4(3-12)1-9-7;1-9(2,3)5-4-8-6-7;1-2;2-1-3;;;;;/h6-7H,4-5,8H2,1-3H3,(H,18,19);6-8H,4-5,9H2,1-3H3;1-2,13-14H,3-4H2;2*1-2,12H,3H2,(H,9,10);1-3H,(H,9,10);4-6H2,1-3H3;1H2;;;;;1H2;/q;;;;;;;;-1;3*+1;;-1/p-1. The minimum Gasteiger partial charge on any atom is -1.00 e. The van der Waals surface area contributed by atoms with Crippen molar-refractivity contribution in [2.45, 2.75) is 117 Å². The van der Waals surface area contributed by atoms with E-state index >= 15 is 0 Å². The molecule has 0 aromatic carbocycles. The molecule has 0 spiro atoms. The monoisotopic (exact) mass is 2010 g/mol. The molecule has 0 aliphatic rings. The summed E-state index contributed by atoms with van der Waals surface area (Å²) in [5, 5.41) is 45.1. The number of carboxylic acid groups (broad SMARTS) is 1. The Morgan fingerprint density at radius 2 is 0.835 bits per heavy atom. The molecule has 0 aliphatic heterocycles. The Hall–Kier alpha value is -3.09. The van der Waals surface area contributed by atoms with E-state index in [1.54, 1.807) is 72.7 Å². The number of H-pyrrole nitrogens is 3. The van der Waals surface area contributed by atoms with Crippen LogP contribution < -0.4 is 98.0 Å². The zero-order valence-electron chi connectivity index (χ0n) is 62.6. The van der Waals surface area contributed by atoms with E-state index in [9.17, 15) is 19.5 Å². The second-order valence-corrected chi connectivity index (χ2v) is 47.2. The van der Waals surface area contributed by atoms with E-state index in [4.69, 9.17) is 60.4 Å². The largest absolute Gasteiger partial charge is 1.00 e. The first-order valence-corrected chi connectivity index (χ1v) is 47.9. The van der Waals surface area contributed by atoms with E-state index in [-0.39, 0.29) is 134 Å². The van der Waals surface area contributed by atoms with Crippen LogP contribution in [0.4, 0.5) is 0 Å². The number of rotatable bonds is 21. The van der Waals surface area contributed by atoms with E-state index in [0.29, 0.717) is 131 Å². The fraction of sp³-hybridized carbons (Fsp3) is 0.355. The fourth-order valence-electron chi connectivity index (χ4n) is 8.42. The SMILES string of the molecule is C=O.C[Si](C)(C)CCOCCl.C[Si](C)(C)CCOCn1cc(C(=O)O)c2nc(Br)cnc21.C[Si](C)(C)CCOCn1cc(C=O)c2nc(Br)cnc21.O=Cc1c[nH]c2ncc(Br)nc12.OCc1c[nH]c2ncc(Br)nc12.OCc1c[nH]c2ncc(Br)nc12.OCc1cn(CO)c2ncc(Br)nc12.[H-].[Na+].[Na+].[Na+].[O-][Cl+][O-].[OH-]. The van der Waals surface area contributed by atoms with Crippen LogP contribution in [0.3, 0.4) is 0 Å². The van der Waals surface area contributed by atoms with Crippen LogP contribution in [0, 0.1) is 11.3 Å². The summed E-state index contributed by atoms with van der Waals surface area (Å²) in [5.74, 6) is -1.02. The van der Waals surface area contributed by atoms with Crippen molar-refractivity contribution in [3.05, 3.63) is 135 Å². The van der Waals surface area contributed by atoms with Crippen molar-refractivity contribution in [3.63, 3.8) is 0 Å². The van der Waals surface area contributed by atoms with Crippen LogP contribution in [0.5, 0.6) is 0 Å². The van der Waals surface area contributed by atoms with Gasteiger partial charge in [0.2, 0.25) is 0 Å². The number of aliphatic hydroxyl groups is 4. The number of alkyl halides is 1. The van der Waals surface area contributed by atoms with Gasteiger partial charge >= 0.3 is 94.6 Å². The molecule has 0 atom stereocenters. The average Bonchev–Trinajstić information content (AvgIpc) is 1.65. The number of hydrogen-bond acceptors (Lipinski definition) is 26. The number of carbonyl (C=O) groups is 4. The van der Waals surface area contributed by atoms with Crippen LogP contribution in [-0.4, -0.2) is 195 Å². The van der Waals surface area contributed by atoms with Crippen molar-refractivity contribution in [1.82, 2.24) is 88.5 Å². The summed E-state index contributed by atoms with van der Waals surface area (Å²) in [6.45, 7) is 25.3. The first-order chi connectivity index (χ1) is 49.8. The maximum atomic E-state index is 11.3. The summed E-state index contributed by atoms with van der Waals surface area (Å²) < 4.78 is 41.6. The van der Waals surface area contributed by atoms with Gasteiger partial charge in [0.05, 0.1) is 79.5 Å². The number of aldehydes is 2. The molecule has 0 radical (unpaired) electrons. The molecule has 0 aliphatic carbocycles. The van der Waals surface area contributed by atoms with Gasteiger partial charge in [-0.15, -0.1) is 0 Å². The first-order valence-electron chi connectivity index (χ1n) is 30.9. The van der Waals surface area contributed by atoms with Crippen molar-refractivity contribution in [1.29, 1.82) is 0 Å². The Morgan fingerprint density at radius 1 is 0.505 bits per heavy atom. The average molecular weight is 2020 g/mol. The number of halogens is 8.